The highest BCUT2D eigenvalue weighted by atomic mass is 35.5. The molecule has 1 atom stereocenters. The van der Waals surface area contributed by atoms with Crippen molar-refractivity contribution in [3.63, 3.8) is 0 Å². The van der Waals surface area contributed by atoms with Gasteiger partial charge in [-0.05, 0) is 23.8 Å². The number of rotatable bonds is 4. The Balaban J connectivity index is 1.58. The minimum Gasteiger partial charge on any atom is -0.382 e. The zero-order valence-electron chi connectivity index (χ0n) is 12.1. The second-order valence-corrected chi connectivity index (χ2v) is 5.56. The Bertz CT molecular complexity index is 764. The summed E-state index contributed by atoms with van der Waals surface area (Å²) in [4.78, 5) is 17.3. The van der Waals surface area contributed by atoms with Gasteiger partial charge in [0.25, 0.3) is 5.91 Å². The third-order valence-corrected chi connectivity index (χ3v) is 3.90. The van der Waals surface area contributed by atoms with E-state index in [4.69, 9.17) is 16.4 Å². The zero-order valence-corrected chi connectivity index (χ0v) is 12.9. The predicted molar refractivity (Wildman–Crippen MR) is 85.7 cm³/mol. The number of hydrogen-bond donors (Lipinski definition) is 1. The molecule has 2 aromatic rings. The molecule has 1 heterocycles. The fourth-order valence-corrected chi connectivity index (χ4v) is 2.50. The maximum absolute atomic E-state index is 13.2. The highest BCUT2D eigenvalue weighted by Gasteiger charge is 2.28. The first-order chi connectivity index (χ1) is 11.1. The average molecular weight is 333 g/mol. The van der Waals surface area contributed by atoms with Crippen molar-refractivity contribution >= 4 is 23.2 Å². The van der Waals surface area contributed by atoms with Crippen LogP contribution in [0, 0.1) is 5.82 Å². The fourth-order valence-electron chi connectivity index (χ4n) is 2.29. The van der Waals surface area contributed by atoms with Crippen molar-refractivity contribution in [1.29, 1.82) is 0 Å². The predicted octanol–water partition coefficient (Wildman–Crippen LogP) is 3.29. The Hall–Kier alpha value is -2.40. The van der Waals surface area contributed by atoms with Gasteiger partial charge in [-0.3, -0.25) is 4.79 Å². The van der Waals surface area contributed by atoms with Gasteiger partial charge in [-0.2, -0.15) is 0 Å². The van der Waals surface area contributed by atoms with Crippen molar-refractivity contribution in [2.24, 2.45) is 5.16 Å². The first-order valence-corrected chi connectivity index (χ1v) is 7.51. The van der Waals surface area contributed by atoms with Crippen LogP contribution in [0.25, 0.3) is 0 Å². The van der Waals surface area contributed by atoms with Crippen LogP contribution in [0.4, 0.5) is 4.39 Å². The van der Waals surface area contributed by atoms with Crippen LogP contribution in [-0.2, 0) is 16.2 Å². The van der Waals surface area contributed by atoms with E-state index in [-0.39, 0.29) is 11.7 Å². The van der Waals surface area contributed by atoms with E-state index >= 15 is 0 Å². The minimum absolute atomic E-state index is 0.278. The molecule has 118 valence electrons. The van der Waals surface area contributed by atoms with E-state index in [9.17, 15) is 9.18 Å². The molecule has 1 aliphatic heterocycles. The summed E-state index contributed by atoms with van der Waals surface area (Å²) in [6, 6.07) is 13.3. The molecule has 0 fully saturated rings. The Morgan fingerprint density at radius 3 is 2.91 bits per heavy atom. The van der Waals surface area contributed by atoms with Crippen molar-refractivity contribution in [3.8, 4) is 0 Å². The molecule has 23 heavy (non-hydrogen) atoms. The van der Waals surface area contributed by atoms with Crippen molar-refractivity contribution in [3.05, 3.63) is 70.5 Å². The first kappa shape index (κ1) is 15.5. The molecule has 1 aliphatic rings. The molecular formula is C17H14ClFN2O2. The van der Waals surface area contributed by atoms with Crippen molar-refractivity contribution in [1.82, 2.24) is 5.32 Å². The largest absolute Gasteiger partial charge is 0.382 e. The maximum Gasteiger partial charge on any atom is 0.264 e. The summed E-state index contributed by atoms with van der Waals surface area (Å²) in [6.45, 7) is 0.313. The molecular weight excluding hydrogens is 319 g/mol. The molecule has 1 N–H and O–H groups in total. The molecule has 1 amide bonds. The van der Waals surface area contributed by atoms with Gasteiger partial charge in [-0.15, -0.1) is 0 Å². The number of carbonyl (C=O) groups is 1. The highest BCUT2D eigenvalue weighted by molar-refractivity contribution is 6.31. The molecule has 4 nitrogen and oxygen atoms in total. The molecule has 0 saturated carbocycles. The molecule has 2 aromatic carbocycles. The van der Waals surface area contributed by atoms with Gasteiger partial charge in [-0.1, -0.05) is 47.1 Å². The molecule has 0 bridgehead atoms. The minimum atomic E-state index is -0.712. The molecule has 6 heteroatoms. The van der Waals surface area contributed by atoms with Crippen molar-refractivity contribution in [2.45, 2.75) is 19.1 Å². The Morgan fingerprint density at radius 2 is 2.13 bits per heavy atom. The van der Waals surface area contributed by atoms with Gasteiger partial charge in [-0.25, -0.2) is 4.39 Å². The lowest BCUT2D eigenvalue weighted by molar-refractivity contribution is -0.131. The van der Waals surface area contributed by atoms with E-state index in [0.717, 1.165) is 5.56 Å². The number of benzene rings is 2. The third kappa shape index (κ3) is 3.68. The van der Waals surface area contributed by atoms with Gasteiger partial charge in [0, 0.05) is 23.6 Å². The Morgan fingerprint density at radius 1 is 1.30 bits per heavy atom. The maximum atomic E-state index is 13.2. The van der Waals surface area contributed by atoms with Crippen LogP contribution < -0.4 is 5.32 Å². The lowest BCUT2D eigenvalue weighted by Gasteiger charge is -2.10. The summed E-state index contributed by atoms with van der Waals surface area (Å²) in [5, 5.41) is 7.25. The number of halogens is 2. The van der Waals surface area contributed by atoms with Crippen LogP contribution in [-0.4, -0.2) is 17.7 Å². The fraction of sp³-hybridized carbons (Fsp3) is 0.176. The molecule has 3 rings (SSSR count). The van der Waals surface area contributed by atoms with E-state index in [1.807, 2.05) is 18.2 Å². The van der Waals surface area contributed by atoms with Gasteiger partial charge in [0.05, 0.1) is 5.71 Å². The van der Waals surface area contributed by atoms with Crippen LogP contribution in [0.2, 0.25) is 5.02 Å². The van der Waals surface area contributed by atoms with E-state index in [1.165, 1.54) is 12.1 Å². The summed E-state index contributed by atoms with van der Waals surface area (Å²) >= 11 is 6.04. The zero-order chi connectivity index (χ0) is 16.2. The standard InChI is InChI=1S/C17H14ClFN2O2/c18-14-7-2-1-4-12(14)10-20-17(22)16-9-15(21-23-16)11-5-3-6-13(19)8-11/h1-8,16H,9-10H2,(H,20,22). The van der Waals surface area contributed by atoms with Crippen LogP contribution in [0.5, 0.6) is 0 Å². The molecule has 1 unspecified atom stereocenters. The van der Waals surface area contributed by atoms with E-state index in [1.54, 1.807) is 18.2 Å². The average Bonchev–Trinajstić information content (AvgIpc) is 3.04. The SMILES string of the molecule is O=C(NCc1ccccc1Cl)C1CC(c2cccc(F)c2)=NO1. The van der Waals surface area contributed by atoms with E-state index in [0.29, 0.717) is 29.3 Å². The molecule has 0 spiro atoms. The van der Waals surface area contributed by atoms with Crippen LogP contribution >= 0.6 is 11.6 Å². The van der Waals surface area contributed by atoms with Crippen molar-refractivity contribution < 1.29 is 14.0 Å². The number of nitrogens with one attached hydrogen (secondary N) is 1. The van der Waals surface area contributed by atoms with Gasteiger partial charge in [0.2, 0.25) is 6.10 Å². The molecule has 0 aromatic heterocycles. The lowest BCUT2D eigenvalue weighted by atomic mass is 10.0. The normalized spacial score (nSPS) is 16.6. The Labute approximate surface area is 137 Å². The van der Waals surface area contributed by atoms with E-state index < -0.39 is 6.10 Å². The van der Waals surface area contributed by atoms with Gasteiger partial charge in [0.15, 0.2) is 0 Å². The number of amides is 1. The second kappa shape index (κ2) is 6.79. The summed E-state index contributed by atoms with van der Waals surface area (Å²) in [6.07, 6.45) is -0.409. The second-order valence-electron chi connectivity index (χ2n) is 5.16. The summed E-state index contributed by atoms with van der Waals surface area (Å²) in [7, 11) is 0. The number of hydrogen-bond acceptors (Lipinski definition) is 3. The summed E-state index contributed by atoms with van der Waals surface area (Å²) in [5.74, 6) is -0.628. The van der Waals surface area contributed by atoms with Gasteiger partial charge < -0.3 is 10.2 Å². The Kier molecular flexibility index (Phi) is 4.57. The van der Waals surface area contributed by atoms with Gasteiger partial charge in [0.1, 0.15) is 5.82 Å². The lowest BCUT2D eigenvalue weighted by Crippen LogP contribution is -2.34. The number of carbonyl (C=O) groups excluding carboxylic acids is 1. The quantitative estimate of drug-likeness (QED) is 0.934. The van der Waals surface area contributed by atoms with Crippen LogP contribution in [0.3, 0.4) is 0 Å². The smallest absolute Gasteiger partial charge is 0.264 e. The van der Waals surface area contributed by atoms with Crippen LogP contribution in [0.1, 0.15) is 17.5 Å². The number of oxime groups is 1. The van der Waals surface area contributed by atoms with Crippen LogP contribution in [0.15, 0.2) is 53.7 Å². The monoisotopic (exact) mass is 332 g/mol. The molecule has 0 radical (unpaired) electrons. The third-order valence-electron chi connectivity index (χ3n) is 3.53. The summed E-state index contributed by atoms with van der Waals surface area (Å²) < 4.78 is 13.2. The van der Waals surface area contributed by atoms with Gasteiger partial charge >= 0.3 is 0 Å². The van der Waals surface area contributed by atoms with E-state index in [2.05, 4.69) is 10.5 Å². The molecule has 0 saturated heterocycles. The summed E-state index contributed by atoms with van der Waals surface area (Å²) in [5.41, 5.74) is 2.00. The topological polar surface area (TPSA) is 50.7 Å². The molecule has 0 aliphatic carbocycles. The highest BCUT2D eigenvalue weighted by Crippen LogP contribution is 2.18. The van der Waals surface area contributed by atoms with Crippen molar-refractivity contribution in [2.75, 3.05) is 0 Å². The first-order valence-electron chi connectivity index (χ1n) is 7.13. The number of nitrogens with zero attached hydrogens (tertiary/aromatic N) is 1.